The van der Waals surface area contributed by atoms with E-state index in [9.17, 15) is 4.39 Å². The van der Waals surface area contributed by atoms with Crippen LogP contribution in [0.3, 0.4) is 0 Å². The molecule has 7 nitrogen and oxygen atoms in total. The van der Waals surface area contributed by atoms with Gasteiger partial charge in [0.25, 0.3) is 0 Å². The lowest BCUT2D eigenvalue weighted by atomic mass is 10.2. The maximum Gasteiger partial charge on any atom is 0.169 e. The first-order valence-corrected chi connectivity index (χ1v) is 8.91. The average Bonchev–Trinajstić information content (AvgIpc) is 3.09. The van der Waals surface area contributed by atoms with E-state index in [1.807, 2.05) is 6.07 Å². The number of nitrogens with one attached hydrogen (secondary N) is 1. The van der Waals surface area contributed by atoms with Crippen molar-refractivity contribution in [3.63, 3.8) is 0 Å². The maximum atomic E-state index is 14.4. The highest BCUT2D eigenvalue weighted by atomic mass is 35.5. The normalized spacial score (nSPS) is 11.8. The highest BCUT2D eigenvalue weighted by Crippen LogP contribution is 2.32. The van der Waals surface area contributed by atoms with Crippen molar-refractivity contribution >= 4 is 46.3 Å². The van der Waals surface area contributed by atoms with Crippen LogP contribution >= 0.6 is 23.2 Å². The van der Waals surface area contributed by atoms with Gasteiger partial charge in [-0.2, -0.15) is 10.4 Å². The van der Waals surface area contributed by atoms with Crippen LogP contribution in [0, 0.1) is 17.1 Å². The Morgan fingerprint density at radius 3 is 2.69 bits per heavy atom. The number of pyridine rings is 1. The number of anilines is 1. The molecule has 146 valence electrons. The van der Waals surface area contributed by atoms with E-state index in [2.05, 4.69) is 27.0 Å². The molecule has 0 spiro atoms. The Labute approximate surface area is 175 Å². The summed E-state index contributed by atoms with van der Waals surface area (Å²) in [6.45, 7) is 5.58. The fourth-order valence-electron chi connectivity index (χ4n) is 2.58. The predicted molar refractivity (Wildman–Crippen MR) is 113 cm³/mol. The third-order valence-electron chi connectivity index (χ3n) is 3.72. The van der Waals surface area contributed by atoms with E-state index in [0.717, 1.165) is 18.1 Å². The van der Waals surface area contributed by atoms with Gasteiger partial charge in [0.1, 0.15) is 22.8 Å². The van der Waals surface area contributed by atoms with Gasteiger partial charge in [0.15, 0.2) is 5.82 Å². The highest BCUT2D eigenvalue weighted by Gasteiger charge is 2.17. The van der Waals surface area contributed by atoms with Crippen molar-refractivity contribution in [2.75, 3.05) is 5.32 Å². The standard InChI is InChI=1S/C19H14Cl2FN7/c1-10(2)3-16(26-9-24)27-19-12-8-29(28-17(12)15(22)7-25-19)18-13(20)4-11(6-23)5-14(18)21/h3-5,7-9H,1H2,2H3,(H2,24,26)(H,25,27)/b16-3+. The maximum absolute atomic E-state index is 14.4. The van der Waals surface area contributed by atoms with Crippen LogP contribution in [0.2, 0.25) is 10.0 Å². The highest BCUT2D eigenvalue weighted by molar-refractivity contribution is 6.38. The first-order chi connectivity index (χ1) is 13.8. The van der Waals surface area contributed by atoms with Gasteiger partial charge in [0.2, 0.25) is 0 Å². The summed E-state index contributed by atoms with van der Waals surface area (Å²) in [5, 5.41) is 17.0. The quantitative estimate of drug-likeness (QED) is 0.351. The zero-order chi connectivity index (χ0) is 21.1. The number of fused-ring (bicyclic) bond motifs is 1. The Kier molecular flexibility index (Phi) is 5.82. The van der Waals surface area contributed by atoms with Crippen LogP contribution in [0.1, 0.15) is 12.5 Å². The molecular formula is C19H14Cl2FN7. The topological polar surface area (TPSA) is 105 Å². The Morgan fingerprint density at radius 2 is 2.10 bits per heavy atom. The number of hydrogen-bond acceptors (Lipinski definition) is 5. The van der Waals surface area contributed by atoms with Crippen molar-refractivity contribution in [1.29, 1.82) is 5.26 Å². The number of nitriles is 1. The molecule has 0 aliphatic rings. The van der Waals surface area contributed by atoms with Gasteiger partial charge in [0.05, 0.1) is 39.6 Å². The van der Waals surface area contributed by atoms with Gasteiger partial charge in [-0.3, -0.25) is 0 Å². The number of benzene rings is 1. The van der Waals surface area contributed by atoms with Crippen LogP contribution < -0.4 is 11.1 Å². The minimum atomic E-state index is -0.627. The van der Waals surface area contributed by atoms with Gasteiger partial charge in [0, 0.05) is 6.20 Å². The average molecular weight is 430 g/mol. The summed E-state index contributed by atoms with van der Waals surface area (Å²) in [5.74, 6) is 0.0344. The lowest BCUT2D eigenvalue weighted by molar-refractivity contribution is 0.629. The molecule has 3 aromatic rings. The van der Waals surface area contributed by atoms with Crippen molar-refractivity contribution < 1.29 is 4.39 Å². The van der Waals surface area contributed by atoms with E-state index in [-0.39, 0.29) is 15.6 Å². The van der Waals surface area contributed by atoms with E-state index < -0.39 is 5.82 Å². The molecule has 0 unspecified atom stereocenters. The molecule has 2 heterocycles. The zero-order valence-electron chi connectivity index (χ0n) is 15.1. The van der Waals surface area contributed by atoms with Gasteiger partial charge >= 0.3 is 0 Å². The Hall–Kier alpha value is -3.41. The molecule has 1 aromatic carbocycles. The molecule has 0 amide bonds. The number of aromatic nitrogens is 3. The largest absolute Gasteiger partial charge is 0.390 e. The number of allylic oxidation sites excluding steroid dienone is 2. The van der Waals surface area contributed by atoms with Crippen molar-refractivity contribution in [3.8, 4) is 11.8 Å². The minimum Gasteiger partial charge on any atom is -0.390 e. The first-order valence-electron chi connectivity index (χ1n) is 8.16. The molecule has 0 saturated carbocycles. The first kappa shape index (κ1) is 20.3. The Balaban J connectivity index is 2.16. The molecule has 0 aliphatic heterocycles. The van der Waals surface area contributed by atoms with Crippen molar-refractivity contribution in [2.24, 2.45) is 10.7 Å². The molecule has 2 aromatic heterocycles. The Morgan fingerprint density at radius 1 is 1.41 bits per heavy atom. The lowest BCUT2D eigenvalue weighted by Gasteiger charge is -2.07. The van der Waals surface area contributed by atoms with Gasteiger partial charge in [-0.25, -0.2) is 19.0 Å². The van der Waals surface area contributed by atoms with Gasteiger partial charge in [-0.05, 0) is 25.1 Å². The number of hydrogen-bond donors (Lipinski definition) is 2. The molecule has 0 bridgehead atoms. The third kappa shape index (κ3) is 4.21. The molecule has 0 fully saturated rings. The zero-order valence-corrected chi connectivity index (χ0v) is 16.6. The molecule has 0 saturated heterocycles. The number of nitrogens with two attached hydrogens (primary N) is 1. The summed E-state index contributed by atoms with van der Waals surface area (Å²) in [7, 11) is 0. The molecule has 10 heteroatoms. The fraction of sp³-hybridized carbons (Fsp3) is 0.0526. The number of rotatable bonds is 5. The molecule has 29 heavy (non-hydrogen) atoms. The fourth-order valence-corrected chi connectivity index (χ4v) is 3.24. The van der Waals surface area contributed by atoms with Crippen molar-refractivity contribution in [2.45, 2.75) is 6.92 Å². The van der Waals surface area contributed by atoms with Crippen molar-refractivity contribution in [1.82, 2.24) is 14.8 Å². The smallest absolute Gasteiger partial charge is 0.169 e. The molecule has 3 N–H and O–H groups in total. The van der Waals surface area contributed by atoms with Crippen LogP contribution in [-0.2, 0) is 0 Å². The van der Waals surface area contributed by atoms with Gasteiger partial charge < -0.3 is 11.1 Å². The summed E-state index contributed by atoms with van der Waals surface area (Å²) in [4.78, 5) is 8.09. The van der Waals surface area contributed by atoms with E-state index in [4.69, 9.17) is 34.2 Å². The van der Waals surface area contributed by atoms with Crippen molar-refractivity contribution in [3.05, 3.63) is 70.0 Å². The monoisotopic (exact) mass is 429 g/mol. The number of halogens is 3. The molecule has 0 aliphatic carbocycles. The van der Waals surface area contributed by atoms with Crippen LogP contribution in [0.15, 0.2) is 53.6 Å². The SMILES string of the molecule is C=C(C)/C=C(\N=CN)Nc1ncc(F)c2nn(-c3c(Cl)cc(C#N)cc3Cl)cc12. The summed E-state index contributed by atoms with van der Waals surface area (Å²) in [6, 6.07) is 4.87. The van der Waals surface area contributed by atoms with Crippen LogP contribution in [0.25, 0.3) is 16.6 Å². The predicted octanol–water partition coefficient (Wildman–Crippen LogP) is 4.55. The van der Waals surface area contributed by atoms with E-state index >= 15 is 0 Å². The second-order valence-electron chi connectivity index (χ2n) is 5.97. The number of nitrogens with zero attached hydrogens (tertiary/aromatic N) is 5. The van der Waals surface area contributed by atoms with E-state index in [1.165, 1.54) is 23.0 Å². The summed E-state index contributed by atoms with van der Waals surface area (Å²) in [5.41, 5.74) is 6.76. The van der Waals surface area contributed by atoms with Crippen LogP contribution in [0.5, 0.6) is 0 Å². The van der Waals surface area contributed by atoms with Crippen LogP contribution in [0.4, 0.5) is 10.2 Å². The summed E-state index contributed by atoms with van der Waals surface area (Å²) in [6.07, 6.45) is 5.33. The van der Waals surface area contributed by atoms with Crippen LogP contribution in [-0.4, -0.2) is 21.1 Å². The van der Waals surface area contributed by atoms with Gasteiger partial charge in [-0.15, -0.1) is 0 Å². The Bertz CT molecular complexity index is 1200. The molecule has 0 atom stereocenters. The second kappa shape index (κ2) is 8.31. The third-order valence-corrected chi connectivity index (χ3v) is 4.30. The van der Waals surface area contributed by atoms with E-state index in [1.54, 1.807) is 13.0 Å². The van der Waals surface area contributed by atoms with E-state index in [0.29, 0.717) is 28.3 Å². The molecular weight excluding hydrogens is 416 g/mol. The number of aliphatic imine (C=N–C) groups is 1. The summed E-state index contributed by atoms with van der Waals surface area (Å²) < 4.78 is 15.7. The minimum absolute atomic E-state index is 0.0467. The molecule has 3 rings (SSSR count). The van der Waals surface area contributed by atoms with Gasteiger partial charge in [-0.1, -0.05) is 35.4 Å². The molecule has 0 radical (unpaired) electrons. The second-order valence-corrected chi connectivity index (χ2v) is 6.78. The lowest BCUT2D eigenvalue weighted by Crippen LogP contribution is -2.03. The summed E-state index contributed by atoms with van der Waals surface area (Å²) >= 11 is 12.5.